The van der Waals surface area contributed by atoms with Crippen molar-refractivity contribution < 1.29 is 19.4 Å². The lowest BCUT2D eigenvalue weighted by molar-refractivity contribution is 0.0701. The number of rotatable bonds is 8. The van der Waals surface area contributed by atoms with E-state index in [9.17, 15) is 4.79 Å². The number of para-hydroxylation sites is 2. The highest BCUT2D eigenvalue weighted by Gasteiger charge is 2.13. The Hall–Kier alpha value is -2.08. The van der Waals surface area contributed by atoms with Crippen molar-refractivity contribution in [2.24, 2.45) is 0 Å². The zero-order chi connectivity index (χ0) is 15.9. The Labute approximate surface area is 133 Å². The lowest BCUT2D eigenvalue weighted by Crippen LogP contribution is -2.02. The van der Waals surface area contributed by atoms with Crippen LogP contribution in [-0.4, -0.2) is 29.3 Å². The van der Waals surface area contributed by atoms with Crippen LogP contribution in [-0.2, 0) is 6.42 Å². The van der Waals surface area contributed by atoms with Gasteiger partial charge < -0.3 is 14.6 Å². The Kier molecular flexibility index (Phi) is 5.77. The largest absolute Gasteiger partial charge is 0.490 e. The molecule has 2 rings (SSSR count). The molecule has 0 atom stereocenters. The molecular weight excluding hydrogens is 302 g/mol. The third-order valence-electron chi connectivity index (χ3n) is 2.98. The maximum Gasteiger partial charge on any atom is 0.347 e. The standard InChI is InChI=1S/C16H19NO4S/c1-3-20-12-7-4-5-8-13(12)21-10-6-9-14-17-11(2)15(22-14)16(18)19/h4-5,7-8H,3,6,9-10H2,1-2H3,(H,18,19). The number of carboxylic acid groups (broad SMARTS) is 1. The fourth-order valence-electron chi connectivity index (χ4n) is 2.01. The van der Waals surface area contributed by atoms with E-state index in [-0.39, 0.29) is 0 Å². The first-order valence-electron chi connectivity index (χ1n) is 7.16. The number of ether oxygens (including phenoxy) is 2. The fourth-order valence-corrected chi connectivity index (χ4v) is 2.95. The van der Waals surface area contributed by atoms with E-state index in [1.54, 1.807) is 6.92 Å². The van der Waals surface area contributed by atoms with Crippen molar-refractivity contribution in [2.75, 3.05) is 13.2 Å². The topological polar surface area (TPSA) is 68.7 Å². The van der Waals surface area contributed by atoms with Gasteiger partial charge >= 0.3 is 5.97 Å². The SMILES string of the molecule is CCOc1ccccc1OCCCc1nc(C)c(C(=O)O)s1. The maximum atomic E-state index is 11.0. The number of aromatic nitrogens is 1. The molecule has 0 fully saturated rings. The summed E-state index contributed by atoms with van der Waals surface area (Å²) >= 11 is 1.23. The molecule has 0 spiro atoms. The van der Waals surface area contributed by atoms with Crippen LogP contribution in [0.15, 0.2) is 24.3 Å². The summed E-state index contributed by atoms with van der Waals surface area (Å²) in [5.74, 6) is 0.553. The van der Waals surface area contributed by atoms with Gasteiger partial charge in [0.15, 0.2) is 11.5 Å². The van der Waals surface area contributed by atoms with Gasteiger partial charge in [-0.3, -0.25) is 0 Å². The van der Waals surface area contributed by atoms with Crippen molar-refractivity contribution in [1.29, 1.82) is 0 Å². The predicted octanol–water partition coefficient (Wildman–Crippen LogP) is 3.56. The predicted molar refractivity (Wildman–Crippen MR) is 85.2 cm³/mol. The molecule has 22 heavy (non-hydrogen) atoms. The van der Waals surface area contributed by atoms with Gasteiger partial charge in [0.25, 0.3) is 0 Å². The molecule has 0 aliphatic carbocycles. The van der Waals surface area contributed by atoms with Crippen molar-refractivity contribution in [1.82, 2.24) is 4.98 Å². The molecule has 1 heterocycles. The monoisotopic (exact) mass is 321 g/mol. The van der Waals surface area contributed by atoms with E-state index in [1.165, 1.54) is 11.3 Å². The Balaban J connectivity index is 1.85. The molecule has 1 aromatic heterocycles. The molecule has 118 valence electrons. The fraction of sp³-hybridized carbons (Fsp3) is 0.375. The van der Waals surface area contributed by atoms with E-state index in [0.29, 0.717) is 30.2 Å². The van der Waals surface area contributed by atoms with E-state index in [0.717, 1.165) is 22.9 Å². The quantitative estimate of drug-likeness (QED) is 0.753. The van der Waals surface area contributed by atoms with Crippen LogP contribution in [0.3, 0.4) is 0 Å². The summed E-state index contributed by atoms with van der Waals surface area (Å²) in [7, 11) is 0. The number of aromatic carboxylic acids is 1. The molecule has 0 saturated heterocycles. The number of carbonyl (C=O) groups is 1. The maximum absolute atomic E-state index is 11.0. The molecule has 0 unspecified atom stereocenters. The minimum atomic E-state index is -0.914. The van der Waals surface area contributed by atoms with Crippen LogP contribution in [0.25, 0.3) is 0 Å². The summed E-state index contributed by atoms with van der Waals surface area (Å²) in [5.41, 5.74) is 0.579. The van der Waals surface area contributed by atoms with Gasteiger partial charge in [0.2, 0.25) is 0 Å². The first-order chi connectivity index (χ1) is 10.6. The number of carboxylic acids is 1. The highest BCUT2D eigenvalue weighted by atomic mass is 32.1. The number of benzene rings is 1. The first-order valence-corrected chi connectivity index (χ1v) is 7.97. The van der Waals surface area contributed by atoms with E-state index in [2.05, 4.69) is 4.98 Å². The van der Waals surface area contributed by atoms with Crippen molar-refractivity contribution in [3.8, 4) is 11.5 Å². The normalized spacial score (nSPS) is 10.5. The van der Waals surface area contributed by atoms with Crippen LogP contribution >= 0.6 is 11.3 Å². The van der Waals surface area contributed by atoms with Crippen molar-refractivity contribution in [2.45, 2.75) is 26.7 Å². The third kappa shape index (κ3) is 4.21. The third-order valence-corrected chi connectivity index (χ3v) is 4.18. The van der Waals surface area contributed by atoms with E-state index >= 15 is 0 Å². The van der Waals surface area contributed by atoms with Crippen LogP contribution in [0.2, 0.25) is 0 Å². The Bertz CT molecular complexity index is 639. The molecule has 5 nitrogen and oxygen atoms in total. The summed E-state index contributed by atoms with van der Waals surface area (Å²) in [4.78, 5) is 15.6. The molecule has 1 N–H and O–H groups in total. The second-order valence-electron chi connectivity index (χ2n) is 4.66. The van der Waals surface area contributed by atoms with Crippen LogP contribution in [0.1, 0.15) is 33.7 Å². The Morgan fingerprint density at radius 2 is 1.95 bits per heavy atom. The number of nitrogens with zero attached hydrogens (tertiary/aromatic N) is 1. The molecule has 6 heteroatoms. The van der Waals surface area contributed by atoms with Gasteiger partial charge in [0.05, 0.1) is 23.9 Å². The summed E-state index contributed by atoms with van der Waals surface area (Å²) < 4.78 is 11.2. The van der Waals surface area contributed by atoms with Crippen molar-refractivity contribution >= 4 is 17.3 Å². The van der Waals surface area contributed by atoms with Crippen molar-refractivity contribution in [3.63, 3.8) is 0 Å². The average Bonchev–Trinajstić information content (AvgIpc) is 2.87. The van der Waals surface area contributed by atoms with Gasteiger partial charge in [-0.2, -0.15) is 0 Å². The highest BCUT2D eigenvalue weighted by Crippen LogP contribution is 2.26. The van der Waals surface area contributed by atoms with Crippen LogP contribution in [0.4, 0.5) is 0 Å². The first kappa shape index (κ1) is 16.3. The Morgan fingerprint density at radius 1 is 1.27 bits per heavy atom. The molecule has 0 saturated carbocycles. The molecular formula is C16H19NO4S. The summed E-state index contributed by atoms with van der Waals surface area (Å²) in [6.45, 7) is 4.78. The molecule has 0 aliphatic rings. The van der Waals surface area contributed by atoms with Gasteiger partial charge in [-0.15, -0.1) is 11.3 Å². The molecule has 1 aromatic carbocycles. The van der Waals surface area contributed by atoms with E-state index in [1.807, 2.05) is 31.2 Å². The minimum absolute atomic E-state index is 0.317. The van der Waals surface area contributed by atoms with Gasteiger partial charge in [0, 0.05) is 6.42 Å². The van der Waals surface area contributed by atoms with Crippen LogP contribution in [0.5, 0.6) is 11.5 Å². The molecule has 0 radical (unpaired) electrons. The van der Waals surface area contributed by atoms with Gasteiger partial charge in [-0.1, -0.05) is 12.1 Å². The summed E-state index contributed by atoms with van der Waals surface area (Å²) in [6.07, 6.45) is 1.47. The van der Waals surface area contributed by atoms with E-state index < -0.39 is 5.97 Å². The van der Waals surface area contributed by atoms with Gasteiger partial charge in [0.1, 0.15) is 4.88 Å². The van der Waals surface area contributed by atoms with Crippen molar-refractivity contribution in [3.05, 3.63) is 39.8 Å². The molecule has 0 bridgehead atoms. The summed E-state index contributed by atoms with van der Waals surface area (Å²) in [6, 6.07) is 7.56. The van der Waals surface area contributed by atoms with E-state index in [4.69, 9.17) is 14.6 Å². The number of hydrogen-bond acceptors (Lipinski definition) is 5. The second kappa shape index (κ2) is 7.79. The number of thiazole rings is 1. The van der Waals surface area contributed by atoms with Crippen LogP contribution < -0.4 is 9.47 Å². The molecule has 0 amide bonds. The smallest absolute Gasteiger partial charge is 0.347 e. The molecule has 0 aliphatic heterocycles. The lowest BCUT2D eigenvalue weighted by atomic mass is 10.3. The second-order valence-corrected chi connectivity index (χ2v) is 5.74. The summed E-state index contributed by atoms with van der Waals surface area (Å²) in [5, 5.41) is 9.84. The number of hydrogen-bond donors (Lipinski definition) is 1. The molecule has 2 aromatic rings. The zero-order valence-electron chi connectivity index (χ0n) is 12.7. The average molecular weight is 321 g/mol. The lowest BCUT2D eigenvalue weighted by Gasteiger charge is -2.11. The van der Waals surface area contributed by atoms with Crippen LogP contribution in [0, 0.1) is 6.92 Å². The highest BCUT2D eigenvalue weighted by molar-refractivity contribution is 7.13. The number of aryl methyl sites for hydroxylation is 2. The minimum Gasteiger partial charge on any atom is -0.490 e. The Morgan fingerprint density at radius 3 is 2.55 bits per heavy atom. The van der Waals surface area contributed by atoms with Gasteiger partial charge in [-0.05, 0) is 32.4 Å². The van der Waals surface area contributed by atoms with Gasteiger partial charge in [-0.25, -0.2) is 9.78 Å². The zero-order valence-corrected chi connectivity index (χ0v) is 13.5.